The number of carbonyl (C=O) groups is 3. The van der Waals surface area contributed by atoms with Crippen LogP contribution in [0.3, 0.4) is 0 Å². The lowest BCUT2D eigenvalue weighted by molar-refractivity contribution is -0.127. The van der Waals surface area contributed by atoms with Gasteiger partial charge < -0.3 is 15.5 Å². The minimum absolute atomic E-state index is 0.159. The molecule has 8 heteroatoms. The van der Waals surface area contributed by atoms with Gasteiger partial charge in [-0.2, -0.15) is 0 Å². The number of hydrogen-bond donors (Lipinski definition) is 2. The number of carbonyl (C=O) groups excluding carboxylic acids is 3. The van der Waals surface area contributed by atoms with Crippen LogP contribution in [0.5, 0.6) is 0 Å². The van der Waals surface area contributed by atoms with Crippen molar-refractivity contribution in [3.63, 3.8) is 0 Å². The number of halogens is 1. The second kappa shape index (κ2) is 9.34. The molecule has 0 radical (unpaired) electrons. The third-order valence-electron chi connectivity index (χ3n) is 5.32. The number of imide groups is 1. The summed E-state index contributed by atoms with van der Waals surface area (Å²) in [5, 5.41) is 5.24. The number of hydrogen-bond acceptors (Lipinski definition) is 4. The highest BCUT2D eigenvalue weighted by Crippen LogP contribution is 2.22. The monoisotopic (exact) mass is 482 g/mol. The van der Waals surface area contributed by atoms with E-state index in [4.69, 9.17) is 0 Å². The summed E-state index contributed by atoms with van der Waals surface area (Å²) in [7, 11) is 0. The van der Waals surface area contributed by atoms with E-state index in [0.29, 0.717) is 5.69 Å². The topological polar surface area (TPSA) is 81.8 Å². The Balaban J connectivity index is 1.39. The Kier molecular flexibility index (Phi) is 6.36. The summed E-state index contributed by atoms with van der Waals surface area (Å²) >= 11 is 3.33. The maximum atomic E-state index is 12.6. The summed E-state index contributed by atoms with van der Waals surface area (Å²) in [6, 6.07) is 14.4. The van der Waals surface area contributed by atoms with E-state index >= 15 is 0 Å². The predicted octanol–water partition coefficient (Wildman–Crippen LogP) is 3.97. The van der Waals surface area contributed by atoms with E-state index in [0.717, 1.165) is 33.7 Å². The molecule has 2 fully saturated rings. The van der Waals surface area contributed by atoms with Crippen LogP contribution < -0.4 is 15.5 Å². The first-order valence-electron chi connectivity index (χ1n) is 10.2. The molecule has 0 aliphatic carbocycles. The van der Waals surface area contributed by atoms with E-state index in [1.807, 2.05) is 24.3 Å². The molecule has 0 saturated carbocycles. The van der Waals surface area contributed by atoms with Gasteiger partial charge in [0.2, 0.25) is 5.91 Å². The molecule has 2 aromatic rings. The molecule has 0 atom stereocenters. The lowest BCUT2D eigenvalue weighted by atomic mass is 10.1. The smallest absolute Gasteiger partial charge is 0.329 e. The Morgan fingerprint density at radius 3 is 2.35 bits per heavy atom. The third kappa shape index (κ3) is 5.14. The average molecular weight is 483 g/mol. The number of amides is 4. The molecule has 2 aromatic carbocycles. The van der Waals surface area contributed by atoms with E-state index < -0.39 is 17.8 Å². The van der Waals surface area contributed by atoms with Crippen LogP contribution in [-0.4, -0.2) is 42.4 Å². The minimum atomic E-state index is -0.604. The van der Waals surface area contributed by atoms with Crippen LogP contribution in [0.25, 0.3) is 6.08 Å². The molecule has 31 heavy (non-hydrogen) atoms. The SMILES string of the molecule is O=C(CN1C(=O)N/C(=C\c2ccc(N3CCCCC3)cc2)C1=O)Nc1ccc(Br)cc1. The quantitative estimate of drug-likeness (QED) is 0.498. The average Bonchev–Trinajstić information content (AvgIpc) is 3.04. The second-order valence-electron chi connectivity index (χ2n) is 7.57. The molecule has 0 bridgehead atoms. The molecule has 4 rings (SSSR count). The highest BCUT2D eigenvalue weighted by Gasteiger charge is 2.34. The third-order valence-corrected chi connectivity index (χ3v) is 5.85. The van der Waals surface area contributed by atoms with Crippen LogP contribution in [0.4, 0.5) is 16.2 Å². The van der Waals surface area contributed by atoms with E-state index in [2.05, 4.69) is 31.5 Å². The molecule has 160 valence electrons. The van der Waals surface area contributed by atoms with Crippen molar-refractivity contribution in [1.29, 1.82) is 0 Å². The first-order chi connectivity index (χ1) is 15.0. The van der Waals surface area contributed by atoms with Crippen molar-refractivity contribution in [2.24, 2.45) is 0 Å². The molecule has 0 aromatic heterocycles. The summed E-state index contributed by atoms with van der Waals surface area (Å²) in [6.45, 7) is 1.77. The first-order valence-corrected chi connectivity index (χ1v) is 11.0. The van der Waals surface area contributed by atoms with Crippen molar-refractivity contribution in [1.82, 2.24) is 10.2 Å². The first kappa shape index (κ1) is 21.1. The highest BCUT2D eigenvalue weighted by atomic mass is 79.9. The summed E-state index contributed by atoms with van der Waals surface area (Å²) in [5.41, 5.74) is 2.72. The van der Waals surface area contributed by atoms with Crippen LogP contribution in [0.2, 0.25) is 0 Å². The number of benzene rings is 2. The van der Waals surface area contributed by atoms with E-state index in [-0.39, 0.29) is 12.2 Å². The zero-order valence-electron chi connectivity index (χ0n) is 16.9. The number of piperidine rings is 1. The second-order valence-corrected chi connectivity index (χ2v) is 8.49. The molecule has 0 unspecified atom stereocenters. The summed E-state index contributed by atoms with van der Waals surface area (Å²) in [6.07, 6.45) is 5.32. The summed E-state index contributed by atoms with van der Waals surface area (Å²) in [5.74, 6) is -0.964. The lowest BCUT2D eigenvalue weighted by Gasteiger charge is -2.28. The molecule has 2 N–H and O–H groups in total. The van der Waals surface area contributed by atoms with Gasteiger partial charge >= 0.3 is 6.03 Å². The summed E-state index contributed by atoms with van der Waals surface area (Å²) in [4.78, 5) is 40.4. The van der Waals surface area contributed by atoms with Crippen LogP contribution in [0, 0.1) is 0 Å². The molecule has 2 heterocycles. The molecule has 2 saturated heterocycles. The zero-order chi connectivity index (χ0) is 21.8. The normalized spacial score (nSPS) is 17.8. The number of nitrogens with zero attached hydrogens (tertiary/aromatic N) is 2. The maximum absolute atomic E-state index is 12.6. The van der Waals surface area contributed by atoms with Crippen LogP contribution in [0.1, 0.15) is 24.8 Å². The molecular formula is C23H23BrN4O3. The van der Waals surface area contributed by atoms with Crippen molar-refractivity contribution < 1.29 is 14.4 Å². The molecule has 0 spiro atoms. The van der Waals surface area contributed by atoms with Crippen molar-refractivity contribution >= 4 is 51.2 Å². The Labute approximate surface area is 189 Å². The fraction of sp³-hybridized carbons (Fsp3) is 0.261. The zero-order valence-corrected chi connectivity index (χ0v) is 18.5. The van der Waals surface area contributed by atoms with Crippen LogP contribution >= 0.6 is 15.9 Å². The standard InChI is InChI=1S/C23H23BrN4O3/c24-17-6-8-18(9-7-17)25-21(29)15-28-22(30)20(26-23(28)31)14-16-4-10-19(11-5-16)27-12-2-1-3-13-27/h4-11,14H,1-3,12-13,15H2,(H,25,29)(H,26,31)/b20-14-. The van der Waals surface area contributed by atoms with Gasteiger partial charge in [-0.05, 0) is 67.3 Å². The van der Waals surface area contributed by atoms with Crippen molar-refractivity contribution in [2.45, 2.75) is 19.3 Å². The Hall–Kier alpha value is -3.13. The fourth-order valence-corrected chi connectivity index (χ4v) is 3.96. The number of anilines is 2. The Morgan fingerprint density at radius 1 is 1.00 bits per heavy atom. The lowest BCUT2D eigenvalue weighted by Crippen LogP contribution is -2.38. The Morgan fingerprint density at radius 2 is 1.68 bits per heavy atom. The minimum Gasteiger partial charge on any atom is -0.372 e. The predicted molar refractivity (Wildman–Crippen MR) is 123 cm³/mol. The molecule has 2 aliphatic rings. The molecule has 7 nitrogen and oxygen atoms in total. The number of urea groups is 1. The van der Waals surface area contributed by atoms with Gasteiger partial charge in [-0.25, -0.2) is 9.69 Å². The van der Waals surface area contributed by atoms with E-state index in [9.17, 15) is 14.4 Å². The van der Waals surface area contributed by atoms with Gasteiger partial charge in [-0.3, -0.25) is 9.59 Å². The Bertz CT molecular complexity index is 1010. The largest absolute Gasteiger partial charge is 0.372 e. The van der Waals surface area contributed by atoms with Gasteiger partial charge in [0, 0.05) is 28.9 Å². The summed E-state index contributed by atoms with van der Waals surface area (Å²) < 4.78 is 0.887. The van der Waals surface area contributed by atoms with Gasteiger partial charge in [0.05, 0.1) is 0 Å². The number of rotatable bonds is 5. The fourth-order valence-electron chi connectivity index (χ4n) is 3.69. The van der Waals surface area contributed by atoms with Crippen molar-refractivity contribution in [2.75, 3.05) is 29.9 Å². The van der Waals surface area contributed by atoms with Gasteiger partial charge in [-0.15, -0.1) is 0 Å². The maximum Gasteiger partial charge on any atom is 0.329 e. The highest BCUT2D eigenvalue weighted by molar-refractivity contribution is 9.10. The van der Waals surface area contributed by atoms with Crippen LogP contribution in [-0.2, 0) is 9.59 Å². The van der Waals surface area contributed by atoms with Gasteiger partial charge in [0.15, 0.2) is 0 Å². The van der Waals surface area contributed by atoms with E-state index in [1.165, 1.54) is 19.3 Å². The number of nitrogens with one attached hydrogen (secondary N) is 2. The van der Waals surface area contributed by atoms with Crippen LogP contribution in [0.15, 0.2) is 58.7 Å². The van der Waals surface area contributed by atoms with Crippen molar-refractivity contribution in [3.8, 4) is 0 Å². The molecule has 4 amide bonds. The molecular weight excluding hydrogens is 460 g/mol. The van der Waals surface area contributed by atoms with Crippen molar-refractivity contribution in [3.05, 3.63) is 64.3 Å². The van der Waals surface area contributed by atoms with Gasteiger partial charge in [0.1, 0.15) is 12.2 Å². The van der Waals surface area contributed by atoms with E-state index in [1.54, 1.807) is 30.3 Å². The molecule has 2 aliphatic heterocycles. The van der Waals surface area contributed by atoms with Gasteiger partial charge in [0.25, 0.3) is 5.91 Å². The van der Waals surface area contributed by atoms with Gasteiger partial charge in [-0.1, -0.05) is 28.1 Å².